The molecule has 0 bridgehead atoms. The Morgan fingerprint density at radius 2 is 1.75 bits per heavy atom. The van der Waals surface area contributed by atoms with E-state index in [1.807, 2.05) is 6.07 Å². The molecule has 0 N–H and O–H groups in total. The Morgan fingerprint density at radius 1 is 1.04 bits per heavy atom. The second kappa shape index (κ2) is 9.28. The van der Waals surface area contributed by atoms with E-state index in [0.717, 1.165) is 24.8 Å². The third-order valence-corrected chi connectivity index (χ3v) is 5.79. The lowest BCUT2D eigenvalue weighted by Crippen LogP contribution is -2.17. The lowest BCUT2D eigenvalue weighted by Gasteiger charge is -2.26. The van der Waals surface area contributed by atoms with E-state index in [2.05, 4.69) is 6.92 Å². The van der Waals surface area contributed by atoms with Crippen LogP contribution in [0.3, 0.4) is 0 Å². The fourth-order valence-corrected chi connectivity index (χ4v) is 4.25. The van der Waals surface area contributed by atoms with Crippen molar-refractivity contribution in [3.63, 3.8) is 0 Å². The van der Waals surface area contributed by atoms with Gasteiger partial charge in [-0.15, -0.1) is 0 Å². The zero-order chi connectivity index (χ0) is 20.1. The zero-order valence-electron chi connectivity index (χ0n) is 16.3. The summed E-state index contributed by atoms with van der Waals surface area (Å²) in [5, 5.41) is 8.96. The molecule has 1 atom stereocenters. The van der Waals surface area contributed by atoms with Gasteiger partial charge in [-0.05, 0) is 72.9 Å². The average molecular weight is 385 g/mol. The molecule has 1 nitrogen and oxygen atoms in total. The first-order valence-corrected chi connectivity index (χ1v) is 10.2. The van der Waals surface area contributed by atoms with Crippen LogP contribution in [0.1, 0.15) is 79.2 Å². The first kappa shape index (κ1) is 20.5. The Hall–Kier alpha value is -2.28. The van der Waals surface area contributed by atoms with Gasteiger partial charge >= 0.3 is 0 Å². The highest BCUT2D eigenvalue weighted by Crippen LogP contribution is 2.37. The molecule has 1 aliphatic carbocycles. The first-order chi connectivity index (χ1) is 13.5. The third-order valence-electron chi connectivity index (χ3n) is 5.79. The summed E-state index contributed by atoms with van der Waals surface area (Å²) in [6.07, 6.45) is 7.48. The number of unbranched alkanes of at least 4 members (excludes halogenated alkanes) is 4. The molecule has 4 heteroatoms. The SMILES string of the molecule is CCCCCCCc1cc(F)c(C2CCc3c(ccc(C#N)c3F)C2)c(F)c1. The third kappa shape index (κ3) is 4.41. The van der Waals surface area contributed by atoms with Crippen molar-refractivity contribution in [3.05, 3.63) is 69.5 Å². The Kier molecular flexibility index (Phi) is 6.78. The minimum atomic E-state index is -0.494. The Morgan fingerprint density at radius 3 is 2.43 bits per heavy atom. The Labute approximate surface area is 165 Å². The highest BCUT2D eigenvalue weighted by Gasteiger charge is 2.28. The Balaban J connectivity index is 1.74. The van der Waals surface area contributed by atoms with Crippen LogP contribution >= 0.6 is 0 Å². The number of rotatable bonds is 7. The summed E-state index contributed by atoms with van der Waals surface area (Å²) in [5.41, 5.74) is 2.10. The Bertz CT molecular complexity index is 859. The van der Waals surface area contributed by atoms with Crippen LogP contribution in [0, 0.1) is 28.8 Å². The molecule has 2 aromatic rings. The highest BCUT2D eigenvalue weighted by atomic mass is 19.1. The highest BCUT2D eigenvalue weighted by molar-refractivity contribution is 5.43. The van der Waals surface area contributed by atoms with E-state index in [4.69, 9.17) is 5.26 Å². The second-order valence-corrected chi connectivity index (χ2v) is 7.75. The standard InChI is InChI=1S/C24H26F3N/c1-2-3-4-5-6-7-16-12-21(25)23(22(26)13-16)18-10-11-20-17(14-18)8-9-19(15-28)24(20)27/h8-9,12-13,18H,2-7,10-11,14H2,1H3. The van der Waals surface area contributed by atoms with Crippen molar-refractivity contribution >= 4 is 0 Å². The summed E-state index contributed by atoms with van der Waals surface area (Å²) in [6.45, 7) is 2.16. The summed E-state index contributed by atoms with van der Waals surface area (Å²) < 4.78 is 43.8. The molecule has 0 radical (unpaired) electrons. The lowest BCUT2D eigenvalue weighted by atomic mass is 9.79. The van der Waals surface area contributed by atoms with Crippen molar-refractivity contribution in [1.82, 2.24) is 0 Å². The van der Waals surface area contributed by atoms with Gasteiger partial charge in [-0.25, -0.2) is 13.2 Å². The van der Waals surface area contributed by atoms with Crippen LogP contribution in [0.2, 0.25) is 0 Å². The van der Waals surface area contributed by atoms with Crippen LogP contribution < -0.4 is 0 Å². The van der Waals surface area contributed by atoms with Crippen molar-refractivity contribution in [1.29, 1.82) is 5.26 Å². The minimum Gasteiger partial charge on any atom is -0.207 e. The maximum absolute atomic E-state index is 14.7. The fourth-order valence-electron chi connectivity index (χ4n) is 4.25. The first-order valence-electron chi connectivity index (χ1n) is 10.2. The van der Waals surface area contributed by atoms with E-state index in [1.165, 1.54) is 31.0 Å². The number of aryl methyl sites for hydroxylation is 1. The van der Waals surface area contributed by atoms with Gasteiger partial charge in [-0.1, -0.05) is 38.7 Å². The van der Waals surface area contributed by atoms with Crippen molar-refractivity contribution in [2.45, 2.75) is 70.6 Å². The molecule has 0 aromatic heterocycles. The summed E-state index contributed by atoms with van der Waals surface area (Å²) in [7, 11) is 0. The molecule has 148 valence electrons. The average Bonchev–Trinajstić information content (AvgIpc) is 2.67. The lowest BCUT2D eigenvalue weighted by molar-refractivity contribution is 0.480. The van der Waals surface area contributed by atoms with Gasteiger partial charge in [-0.2, -0.15) is 5.26 Å². The normalized spacial score (nSPS) is 15.9. The van der Waals surface area contributed by atoms with Gasteiger partial charge < -0.3 is 0 Å². The van der Waals surface area contributed by atoms with Crippen LogP contribution in [0.15, 0.2) is 24.3 Å². The van der Waals surface area contributed by atoms with E-state index < -0.39 is 17.5 Å². The molecule has 0 aliphatic heterocycles. The summed E-state index contributed by atoms with van der Waals surface area (Å²) >= 11 is 0. The molecule has 3 rings (SSSR count). The molecule has 0 saturated heterocycles. The van der Waals surface area contributed by atoms with Gasteiger partial charge in [0.15, 0.2) is 0 Å². The van der Waals surface area contributed by atoms with Crippen LogP contribution in [0.4, 0.5) is 13.2 Å². The fraction of sp³-hybridized carbons (Fsp3) is 0.458. The molecule has 0 amide bonds. The molecule has 0 saturated carbocycles. The molecular weight excluding hydrogens is 359 g/mol. The maximum Gasteiger partial charge on any atom is 0.144 e. The molecule has 1 unspecified atom stereocenters. The summed E-state index contributed by atoms with van der Waals surface area (Å²) in [6, 6.07) is 7.94. The molecule has 0 heterocycles. The number of nitrogens with zero attached hydrogens (tertiary/aromatic N) is 1. The number of hydrogen-bond donors (Lipinski definition) is 0. The van der Waals surface area contributed by atoms with E-state index >= 15 is 0 Å². The predicted octanol–water partition coefficient (Wildman–Crippen LogP) is 6.76. The van der Waals surface area contributed by atoms with Gasteiger partial charge in [0, 0.05) is 5.56 Å². The van der Waals surface area contributed by atoms with E-state index in [0.29, 0.717) is 36.8 Å². The topological polar surface area (TPSA) is 23.8 Å². The van der Waals surface area contributed by atoms with E-state index in [9.17, 15) is 13.2 Å². The molecule has 2 aromatic carbocycles. The largest absolute Gasteiger partial charge is 0.207 e. The summed E-state index contributed by atoms with van der Waals surface area (Å²) in [5.74, 6) is -1.78. The van der Waals surface area contributed by atoms with Crippen LogP contribution in [-0.2, 0) is 19.3 Å². The maximum atomic E-state index is 14.7. The van der Waals surface area contributed by atoms with Crippen molar-refractivity contribution < 1.29 is 13.2 Å². The van der Waals surface area contributed by atoms with Gasteiger partial charge in [0.05, 0.1) is 5.56 Å². The minimum absolute atomic E-state index is 0.0258. The zero-order valence-corrected chi connectivity index (χ0v) is 16.3. The van der Waals surface area contributed by atoms with Crippen LogP contribution in [0.25, 0.3) is 0 Å². The van der Waals surface area contributed by atoms with Gasteiger partial charge in [0.2, 0.25) is 0 Å². The quantitative estimate of drug-likeness (QED) is 0.483. The molecule has 0 spiro atoms. The number of benzene rings is 2. The number of fused-ring (bicyclic) bond motifs is 1. The van der Waals surface area contributed by atoms with E-state index in [1.54, 1.807) is 6.07 Å². The van der Waals surface area contributed by atoms with E-state index in [-0.39, 0.29) is 17.0 Å². The monoisotopic (exact) mass is 385 g/mol. The number of nitriles is 1. The summed E-state index contributed by atoms with van der Waals surface area (Å²) in [4.78, 5) is 0. The molecule has 28 heavy (non-hydrogen) atoms. The van der Waals surface area contributed by atoms with Crippen molar-refractivity contribution in [2.24, 2.45) is 0 Å². The molecule has 0 fully saturated rings. The van der Waals surface area contributed by atoms with Gasteiger partial charge in [0.25, 0.3) is 0 Å². The molecular formula is C24H26F3N. The van der Waals surface area contributed by atoms with Crippen molar-refractivity contribution in [2.75, 3.05) is 0 Å². The van der Waals surface area contributed by atoms with Gasteiger partial charge in [-0.3, -0.25) is 0 Å². The predicted molar refractivity (Wildman–Crippen MR) is 105 cm³/mol. The molecule has 1 aliphatic rings. The van der Waals surface area contributed by atoms with Crippen molar-refractivity contribution in [3.8, 4) is 6.07 Å². The number of halogens is 3. The van der Waals surface area contributed by atoms with Crippen LogP contribution in [-0.4, -0.2) is 0 Å². The number of hydrogen-bond acceptors (Lipinski definition) is 1. The van der Waals surface area contributed by atoms with Crippen LogP contribution in [0.5, 0.6) is 0 Å². The van der Waals surface area contributed by atoms with Gasteiger partial charge in [0.1, 0.15) is 23.5 Å². The second-order valence-electron chi connectivity index (χ2n) is 7.75. The smallest absolute Gasteiger partial charge is 0.144 e.